The van der Waals surface area contributed by atoms with Crippen LogP contribution in [0.2, 0.25) is 0 Å². The molecule has 28 heavy (non-hydrogen) atoms. The van der Waals surface area contributed by atoms with Gasteiger partial charge in [0, 0.05) is 32.4 Å². The van der Waals surface area contributed by atoms with Crippen LogP contribution in [-0.2, 0) is 0 Å². The molecule has 0 aliphatic carbocycles. The predicted molar refractivity (Wildman–Crippen MR) is 111 cm³/mol. The zero-order chi connectivity index (χ0) is 19.3. The van der Waals surface area contributed by atoms with Crippen LogP contribution in [0.15, 0.2) is 72.9 Å². The van der Waals surface area contributed by atoms with E-state index < -0.39 is 0 Å². The van der Waals surface area contributed by atoms with Crippen molar-refractivity contribution < 1.29 is 9.53 Å². The van der Waals surface area contributed by atoms with Gasteiger partial charge in [0.1, 0.15) is 11.6 Å². The highest BCUT2D eigenvalue weighted by molar-refractivity contribution is 5.98. The molecule has 0 radical (unpaired) electrons. The van der Waals surface area contributed by atoms with Crippen molar-refractivity contribution in [1.29, 1.82) is 0 Å². The second kappa shape index (κ2) is 8.13. The number of amides is 1. The smallest absolute Gasteiger partial charge is 0.257 e. The van der Waals surface area contributed by atoms with Crippen LogP contribution in [0.3, 0.4) is 0 Å². The molecule has 2 heterocycles. The molecule has 4 rings (SSSR count). The maximum Gasteiger partial charge on any atom is 0.257 e. The predicted octanol–water partition coefficient (Wildman–Crippen LogP) is 3.72. The van der Waals surface area contributed by atoms with Crippen molar-refractivity contribution in [3.63, 3.8) is 0 Å². The Morgan fingerprint density at radius 1 is 0.893 bits per heavy atom. The third-order valence-corrected chi connectivity index (χ3v) is 5.08. The Morgan fingerprint density at radius 3 is 2.32 bits per heavy atom. The molecule has 142 valence electrons. The fraction of sp³-hybridized carbons (Fsp3) is 0.217. The van der Waals surface area contributed by atoms with Gasteiger partial charge in [0.15, 0.2) is 0 Å². The largest absolute Gasteiger partial charge is 0.496 e. The van der Waals surface area contributed by atoms with Crippen LogP contribution < -0.4 is 9.64 Å². The second-order valence-electron chi connectivity index (χ2n) is 6.75. The summed E-state index contributed by atoms with van der Waals surface area (Å²) in [6.07, 6.45) is 1.80. The molecule has 1 saturated heterocycles. The molecule has 0 spiro atoms. The summed E-state index contributed by atoms with van der Waals surface area (Å²) in [5.74, 6) is 1.57. The molecule has 0 unspecified atom stereocenters. The number of carbonyl (C=O) groups is 1. The van der Waals surface area contributed by atoms with Gasteiger partial charge >= 0.3 is 0 Å². The van der Waals surface area contributed by atoms with Crippen molar-refractivity contribution in [2.75, 3.05) is 38.2 Å². The number of hydrogen-bond donors (Lipinski definition) is 0. The molecule has 5 nitrogen and oxygen atoms in total. The molecule has 1 aromatic heterocycles. The van der Waals surface area contributed by atoms with E-state index in [0.717, 1.165) is 30.0 Å². The van der Waals surface area contributed by atoms with Crippen molar-refractivity contribution in [3.05, 3.63) is 78.5 Å². The highest BCUT2D eigenvalue weighted by atomic mass is 16.5. The number of anilines is 1. The SMILES string of the molecule is COc1ccc(-c2ccccc2)cc1C(=O)N1CCN(c2ccccn2)CC1. The summed E-state index contributed by atoms with van der Waals surface area (Å²) < 4.78 is 5.47. The lowest BCUT2D eigenvalue weighted by Gasteiger charge is -2.35. The van der Waals surface area contributed by atoms with E-state index in [4.69, 9.17) is 4.74 Å². The molecule has 0 saturated carbocycles. The third-order valence-electron chi connectivity index (χ3n) is 5.08. The van der Waals surface area contributed by atoms with E-state index in [1.54, 1.807) is 13.3 Å². The first kappa shape index (κ1) is 18.0. The van der Waals surface area contributed by atoms with Crippen LogP contribution in [-0.4, -0.2) is 49.1 Å². The van der Waals surface area contributed by atoms with Crippen molar-refractivity contribution in [2.45, 2.75) is 0 Å². The van der Waals surface area contributed by atoms with E-state index in [1.165, 1.54) is 0 Å². The first-order valence-electron chi connectivity index (χ1n) is 9.45. The lowest BCUT2D eigenvalue weighted by molar-refractivity contribution is 0.0743. The van der Waals surface area contributed by atoms with Gasteiger partial charge in [0.2, 0.25) is 0 Å². The Kier molecular flexibility index (Phi) is 5.24. The summed E-state index contributed by atoms with van der Waals surface area (Å²) in [7, 11) is 1.60. The number of piperazine rings is 1. The van der Waals surface area contributed by atoms with Gasteiger partial charge < -0.3 is 14.5 Å². The average molecular weight is 373 g/mol. The summed E-state index contributed by atoms with van der Waals surface area (Å²) in [5, 5.41) is 0. The molecule has 1 aliphatic heterocycles. The van der Waals surface area contributed by atoms with Crippen LogP contribution in [0.4, 0.5) is 5.82 Å². The molecule has 5 heteroatoms. The molecule has 0 bridgehead atoms. The van der Waals surface area contributed by atoms with Gasteiger partial charge in [-0.1, -0.05) is 42.5 Å². The molecule has 0 atom stereocenters. The standard InChI is InChI=1S/C23H23N3O2/c1-28-21-11-10-19(18-7-3-2-4-8-18)17-20(21)23(27)26-15-13-25(14-16-26)22-9-5-6-12-24-22/h2-12,17H,13-16H2,1H3. The number of benzene rings is 2. The molecule has 1 fully saturated rings. The molecule has 0 N–H and O–H groups in total. The van der Waals surface area contributed by atoms with Gasteiger partial charge in [-0.2, -0.15) is 0 Å². The molecule has 3 aromatic rings. The summed E-state index contributed by atoms with van der Waals surface area (Å²) in [6, 6.07) is 21.8. The summed E-state index contributed by atoms with van der Waals surface area (Å²) in [5.41, 5.74) is 2.70. The maximum absolute atomic E-state index is 13.2. The molecule has 1 aliphatic rings. The minimum Gasteiger partial charge on any atom is -0.496 e. The second-order valence-corrected chi connectivity index (χ2v) is 6.75. The van der Waals surface area contributed by atoms with Crippen molar-refractivity contribution in [1.82, 2.24) is 9.88 Å². The average Bonchev–Trinajstić information content (AvgIpc) is 2.79. The van der Waals surface area contributed by atoms with E-state index in [1.807, 2.05) is 71.6 Å². The number of carbonyl (C=O) groups excluding carboxylic acids is 1. The Labute approximate surface area is 165 Å². The van der Waals surface area contributed by atoms with Gasteiger partial charge in [-0.25, -0.2) is 4.98 Å². The number of hydrogen-bond acceptors (Lipinski definition) is 4. The zero-order valence-electron chi connectivity index (χ0n) is 15.9. The van der Waals surface area contributed by atoms with E-state index >= 15 is 0 Å². The Balaban J connectivity index is 1.53. The molecule has 1 amide bonds. The van der Waals surface area contributed by atoms with E-state index in [9.17, 15) is 4.79 Å². The lowest BCUT2D eigenvalue weighted by Crippen LogP contribution is -2.49. The van der Waals surface area contributed by atoms with Crippen LogP contribution in [0.25, 0.3) is 11.1 Å². The fourth-order valence-electron chi connectivity index (χ4n) is 3.54. The molecular weight excluding hydrogens is 350 g/mol. The first-order chi connectivity index (χ1) is 13.8. The minimum atomic E-state index is 0.00954. The summed E-state index contributed by atoms with van der Waals surface area (Å²) in [4.78, 5) is 21.7. The third kappa shape index (κ3) is 3.69. The van der Waals surface area contributed by atoms with Gasteiger partial charge in [-0.05, 0) is 35.4 Å². The Hall–Kier alpha value is -3.34. The highest BCUT2D eigenvalue weighted by Gasteiger charge is 2.25. The van der Waals surface area contributed by atoms with Gasteiger partial charge in [-0.3, -0.25) is 4.79 Å². The van der Waals surface area contributed by atoms with Crippen molar-refractivity contribution in [2.24, 2.45) is 0 Å². The molecular formula is C23H23N3O2. The number of pyridine rings is 1. The summed E-state index contributed by atoms with van der Waals surface area (Å²) in [6.45, 7) is 2.86. The Morgan fingerprint density at radius 2 is 1.64 bits per heavy atom. The van der Waals surface area contributed by atoms with Crippen LogP contribution in [0, 0.1) is 0 Å². The van der Waals surface area contributed by atoms with E-state index in [2.05, 4.69) is 9.88 Å². The van der Waals surface area contributed by atoms with Crippen molar-refractivity contribution >= 4 is 11.7 Å². The maximum atomic E-state index is 13.2. The Bertz CT molecular complexity index is 937. The number of methoxy groups -OCH3 is 1. The van der Waals surface area contributed by atoms with Gasteiger partial charge in [0.25, 0.3) is 5.91 Å². The van der Waals surface area contributed by atoms with E-state index in [0.29, 0.717) is 24.4 Å². The zero-order valence-corrected chi connectivity index (χ0v) is 15.9. The van der Waals surface area contributed by atoms with E-state index in [-0.39, 0.29) is 5.91 Å². The van der Waals surface area contributed by atoms with Crippen LogP contribution in [0.5, 0.6) is 5.75 Å². The van der Waals surface area contributed by atoms with Gasteiger partial charge in [0.05, 0.1) is 12.7 Å². The fourth-order valence-corrected chi connectivity index (χ4v) is 3.54. The highest BCUT2D eigenvalue weighted by Crippen LogP contribution is 2.28. The lowest BCUT2D eigenvalue weighted by atomic mass is 10.0. The topological polar surface area (TPSA) is 45.7 Å². The number of aromatic nitrogens is 1. The van der Waals surface area contributed by atoms with Crippen LogP contribution >= 0.6 is 0 Å². The number of nitrogens with zero attached hydrogens (tertiary/aromatic N) is 3. The molecule has 2 aromatic carbocycles. The summed E-state index contributed by atoms with van der Waals surface area (Å²) >= 11 is 0. The van der Waals surface area contributed by atoms with Crippen molar-refractivity contribution in [3.8, 4) is 16.9 Å². The number of ether oxygens (including phenoxy) is 1. The monoisotopic (exact) mass is 373 g/mol. The quantitative estimate of drug-likeness (QED) is 0.699. The van der Waals surface area contributed by atoms with Crippen LogP contribution in [0.1, 0.15) is 10.4 Å². The number of rotatable bonds is 4. The first-order valence-corrected chi connectivity index (χ1v) is 9.45. The van der Waals surface area contributed by atoms with Gasteiger partial charge in [-0.15, -0.1) is 0 Å². The minimum absolute atomic E-state index is 0.00954. The normalized spacial score (nSPS) is 14.0.